The van der Waals surface area contributed by atoms with Crippen molar-refractivity contribution < 1.29 is 4.79 Å². The molecule has 0 spiro atoms. The number of anilines is 2. The molecule has 0 bridgehead atoms. The fraction of sp³-hybridized carbons (Fsp3) is 0.250. The normalized spacial score (nSPS) is 10.4. The molecule has 2 aromatic rings. The largest absolute Gasteiger partial charge is 0.399 e. The third-order valence-corrected chi connectivity index (χ3v) is 4.39. The highest BCUT2D eigenvalue weighted by Crippen LogP contribution is 2.21. The van der Waals surface area contributed by atoms with Crippen molar-refractivity contribution >= 4 is 40.6 Å². The lowest BCUT2D eigenvalue weighted by atomic mass is 10.2. The first-order chi connectivity index (χ1) is 9.06. The van der Waals surface area contributed by atoms with Crippen molar-refractivity contribution in [1.82, 2.24) is 9.36 Å². The van der Waals surface area contributed by atoms with Gasteiger partial charge in [-0.25, -0.2) is 4.98 Å². The van der Waals surface area contributed by atoms with E-state index in [1.165, 1.54) is 23.3 Å². The highest BCUT2D eigenvalue weighted by atomic mass is 32.2. The molecule has 0 atom stereocenters. The van der Waals surface area contributed by atoms with Crippen molar-refractivity contribution in [2.45, 2.75) is 11.3 Å². The summed E-state index contributed by atoms with van der Waals surface area (Å²) in [6, 6.07) is 7.21. The molecule has 0 aliphatic rings. The predicted octanol–water partition coefficient (Wildman–Crippen LogP) is 2.18. The minimum absolute atomic E-state index is 0.0163. The van der Waals surface area contributed by atoms with Gasteiger partial charge in [-0.1, -0.05) is 11.8 Å². The molecule has 5 nitrogen and oxygen atoms in total. The van der Waals surface area contributed by atoms with Crippen LogP contribution >= 0.6 is 23.3 Å². The molecule has 0 radical (unpaired) electrons. The molecular weight excluding hydrogens is 280 g/mol. The number of aryl methyl sites for hydroxylation is 1. The van der Waals surface area contributed by atoms with Crippen LogP contribution in [-0.2, 0) is 4.79 Å². The minimum Gasteiger partial charge on any atom is -0.399 e. The van der Waals surface area contributed by atoms with Crippen LogP contribution in [0.2, 0.25) is 0 Å². The number of carbonyl (C=O) groups excluding carboxylic acids is 1. The number of nitrogen functional groups attached to an aromatic ring is 1. The summed E-state index contributed by atoms with van der Waals surface area (Å²) in [5.74, 6) is 1.10. The summed E-state index contributed by atoms with van der Waals surface area (Å²) in [6.07, 6.45) is 0. The highest BCUT2D eigenvalue weighted by molar-refractivity contribution is 8.01. The number of hydrogen-bond acceptors (Lipinski definition) is 6. The van der Waals surface area contributed by atoms with Crippen LogP contribution in [-0.4, -0.2) is 28.1 Å². The molecule has 0 unspecified atom stereocenters. The van der Waals surface area contributed by atoms with Crippen LogP contribution in [0.1, 0.15) is 5.82 Å². The summed E-state index contributed by atoms with van der Waals surface area (Å²) in [4.78, 5) is 17.9. The van der Waals surface area contributed by atoms with Crippen molar-refractivity contribution in [3.8, 4) is 0 Å². The summed E-state index contributed by atoms with van der Waals surface area (Å²) < 4.78 is 4.89. The highest BCUT2D eigenvalue weighted by Gasteiger charge is 2.12. The van der Waals surface area contributed by atoms with E-state index in [2.05, 4.69) is 9.36 Å². The molecule has 1 amide bonds. The first kappa shape index (κ1) is 13.8. The second-order valence-electron chi connectivity index (χ2n) is 3.94. The van der Waals surface area contributed by atoms with Crippen LogP contribution in [0.25, 0.3) is 0 Å². The SMILES string of the molecule is Cc1nsc(SCC(=O)N(C)c2ccc(N)cc2)n1. The summed E-state index contributed by atoms with van der Waals surface area (Å²) in [5, 5.41) is 0. The lowest BCUT2D eigenvalue weighted by Gasteiger charge is -2.16. The quantitative estimate of drug-likeness (QED) is 0.691. The van der Waals surface area contributed by atoms with Gasteiger partial charge in [-0.15, -0.1) is 0 Å². The third-order valence-electron chi connectivity index (χ3n) is 2.48. The van der Waals surface area contributed by atoms with Crippen LogP contribution in [0, 0.1) is 6.92 Å². The van der Waals surface area contributed by atoms with Gasteiger partial charge in [0.1, 0.15) is 5.82 Å². The van der Waals surface area contributed by atoms with Gasteiger partial charge >= 0.3 is 0 Å². The molecule has 7 heteroatoms. The number of hydrogen-bond donors (Lipinski definition) is 1. The molecule has 100 valence electrons. The average Bonchev–Trinajstić information content (AvgIpc) is 2.82. The number of thioether (sulfide) groups is 1. The summed E-state index contributed by atoms with van der Waals surface area (Å²) in [7, 11) is 1.75. The van der Waals surface area contributed by atoms with E-state index in [-0.39, 0.29) is 5.91 Å². The Balaban J connectivity index is 1.94. The zero-order valence-corrected chi connectivity index (χ0v) is 12.3. The molecular formula is C12H14N4OS2. The Morgan fingerprint density at radius 2 is 2.11 bits per heavy atom. The fourth-order valence-electron chi connectivity index (χ4n) is 1.40. The van der Waals surface area contributed by atoms with Gasteiger partial charge in [0.2, 0.25) is 5.91 Å². The van der Waals surface area contributed by atoms with Crippen molar-refractivity contribution in [1.29, 1.82) is 0 Å². The monoisotopic (exact) mass is 294 g/mol. The van der Waals surface area contributed by atoms with Gasteiger partial charge in [0, 0.05) is 18.4 Å². The van der Waals surface area contributed by atoms with Gasteiger partial charge in [-0.05, 0) is 42.7 Å². The Hall–Kier alpha value is -1.60. The van der Waals surface area contributed by atoms with Crippen LogP contribution in [0.5, 0.6) is 0 Å². The van der Waals surface area contributed by atoms with Crippen LogP contribution in [0.15, 0.2) is 28.6 Å². The Bertz CT molecular complexity index is 567. The zero-order chi connectivity index (χ0) is 13.8. The predicted molar refractivity (Wildman–Crippen MR) is 79.6 cm³/mol. The molecule has 1 aromatic heterocycles. The maximum atomic E-state index is 12.0. The second-order valence-corrected chi connectivity index (χ2v) is 5.91. The Morgan fingerprint density at radius 1 is 1.42 bits per heavy atom. The number of benzene rings is 1. The summed E-state index contributed by atoms with van der Waals surface area (Å²) in [5.41, 5.74) is 7.13. The van der Waals surface area contributed by atoms with Gasteiger partial charge < -0.3 is 10.6 Å². The Labute approximate surface area is 120 Å². The van der Waals surface area contributed by atoms with E-state index in [0.29, 0.717) is 11.4 Å². The van der Waals surface area contributed by atoms with Crippen LogP contribution < -0.4 is 10.6 Å². The van der Waals surface area contributed by atoms with E-state index >= 15 is 0 Å². The van der Waals surface area contributed by atoms with Gasteiger partial charge in [0.25, 0.3) is 0 Å². The van der Waals surface area contributed by atoms with Gasteiger partial charge in [0.15, 0.2) is 4.34 Å². The molecule has 19 heavy (non-hydrogen) atoms. The van der Waals surface area contributed by atoms with Gasteiger partial charge in [-0.3, -0.25) is 4.79 Å². The first-order valence-electron chi connectivity index (χ1n) is 5.61. The van der Waals surface area contributed by atoms with E-state index in [0.717, 1.165) is 15.9 Å². The van der Waals surface area contributed by atoms with Crippen molar-refractivity contribution in [2.75, 3.05) is 23.4 Å². The maximum absolute atomic E-state index is 12.0. The van der Waals surface area contributed by atoms with Gasteiger partial charge in [0.05, 0.1) is 5.75 Å². The van der Waals surface area contributed by atoms with E-state index in [9.17, 15) is 4.79 Å². The smallest absolute Gasteiger partial charge is 0.237 e. The van der Waals surface area contributed by atoms with Crippen LogP contribution in [0.3, 0.4) is 0 Å². The lowest BCUT2D eigenvalue weighted by molar-refractivity contribution is -0.115. The molecule has 0 aliphatic heterocycles. The molecule has 0 saturated heterocycles. The topological polar surface area (TPSA) is 72.1 Å². The molecule has 1 aromatic carbocycles. The van der Waals surface area contributed by atoms with Crippen LogP contribution in [0.4, 0.5) is 11.4 Å². The van der Waals surface area contributed by atoms with E-state index < -0.39 is 0 Å². The molecule has 2 rings (SSSR count). The number of carbonyl (C=O) groups is 1. The average molecular weight is 294 g/mol. The first-order valence-corrected chi connectivity index (χ1v) is 7.37. The number of nitrogens with zero attached hydrogens (tertiary/aromatic N) is 3. The zero-order valence-electron chi connectivity index (χ0n) is 10.7. The van der Waals surface area contributed by atoms with E-state index in [4.69, 9.17) is 5.73 Å². The molecule has 0 fully saturated rings. The molecule has 1 heterocycles. The third kappa shape index (κ3) is 3.68. The van der Waals surface area contributed by atoms with E-state index in [1.54, 1.807) is 24.1 Å². The molecule has 0 aliphatic carbocycles. The van der Waals surface area contributed by atoms with Crippen molar-refractivity contribution in [3.63, 3.8) is 0 Å². The fourth-order valence-corrected chi connectivity index (χ4v) is 2.96. The van der Waals surface area contributed by atoms with Crippen molar-refractivity contribution in [3.05, 3.63) is 30.1 Å². The minimum atomic E-state index is 0.0163. The maximum Gasteiger partial charge on any atom is 0.237 e. The Morgan fingerprint density at radius 3 is 2.68 bits per heavy atom. The number of nitrogens with two attached hydrogens (primary N) is 1. The number of rotatable bonds is 4. The summed E-state index contributed by atoms with van der Waals surface area (Å²) >= 11 is 2.72. The second kappa shape index (κ2) is 6.03. The number of aromatic nitrogens is 2. The molecule has 0 saturated carbocycles. The van der Waals surface area contributed by atoms with Gasteiger partial charge in [-0.2, -0.15) is 4.37 Å². The van der Waals surface area contributed by atoms with Crippen molar-refractivity contribution in [2.24, 2.45) is 0 Å². The molecule has 2 N–H and O–H groups in total. The number of amides is 1. The van der Waals surface area contributed by atoms with E-state index in [1.807, 2.05) is 19.1 Å². The standard InChI is InChI=1S/C12H14N4OS2/c1-8-14-12(19-15-8)18-7-11(17)16(2)10-5-3-9(13)4-6-10/h3-6H,7,13H2,1-2H3. The lowest BCUT2D eigenvalue weighted by Crippen LogP contribution is -2.27. The Kier molecular flexibility index (Phi) is 4.39. The summed E-state index contributed by atoms with van der Waals surface area (Å²) in [6.45, 7) is 1.84.